The van der Waals surface area contributed by atoms with E-state index in [9.17, 15) is 9.59 Å². The Bertz CT molecular complexity index is 188. The van der Waals surface area contributed by atoms with Gasteiger partial charge in [-0.3, -0.25) is 9.59 Å². The van der Waals surface area contributed by atoms with Crippen LogP contribution in [0.15, 0.2) is 0 Å². The van der Waals surface area contributed by atoms with E-state index >= 15 is 0 Å². The number of Topliss-reactive ketones (excluding diaryl/α,β-unsaturated/α-hetero) is 1. The van der Waals surface area contributed by atoms with Gasteiger partial charge in [0.2, 0.25) is 6.41 Å². The maximum Gasteiger partial charge on any atom is 0.210 e. The molecule has 1 aliphatic rings. The summed E-state index contributed by atoms with van der Waals surface area (Å²) < 4.78 is 0. The molecule has 3 nitrogen and oxygen atoms in total. The highest BCUT2D eigenvalue weighted by Crippen LogP contribution is 2.15. The Balaban J connectivity index is 0. The van der Waals surface area contributed by atoms with Gasteiger partial charge in [-0.25, -0.2) is 0 Å². The molecule has 0 aromatic heterocycles. The highest BCUT2D eigenvalue weighted by molar-refractivity contribution is 5.83. The molecule has 0 bridgehead atoms. The molecule has 1 heterocycles. The zero-order chi connectivity index (χ0) is 13.1. The molecule has 0 N–H and O–H groups in total. The van der Waals surface area contributed by atoms with Crippen molar-refractivity contribution in [3.8, 4) is 0 Å². The Hall–Kier alpha value is -0.860. The minimum atomic E-state index is -0.127. The van der Waals surface area contributed by atoms with Gasteiger partial charge in [-0.2, -0.15) is 0 Å². The predicted molar refractivity (Wildman–Crippen MR) is 68.3 cm³/mol. The third-order valence-electron chi connectivity index (χ3n) is 1.90. The summed E-state index contributed by atoms with van der Waals surface area (Å²) in [6, 6.07) is -0.127. The van der Waals surface area contributed by atoms with Crippen molar-refractivity contribution >= 4 is 12.2 Å². The zero-order valence-corrected chi connectivity index (χ0v) is 11.6. The van der Waals surface area contributed by atoms with Crippen molar-refractivity contribution in [3.63, 3.8) is 0 Å². The number of nitrogens with zero attached hydrogens (tertiary/aromatic N) is 1. The van der Waals surface area contributed by atoms with Crippen molar-refractivity contribution in [3.05, 3.63) is 0 Å². The molecule has 1 aliphatic heterocycles. The van der Waals surface area contributed by atoms with Crippen molar-refractivity contribution in [1.82, 2.24) is 4.90 Å². The molecule has 3 heteroatoms. The fraction of sp³-hybridized carbons (Fsp3) is 0.846. The molecule has 96 valence electrons. The van der Waals surface area contributed by atoms with Crippen LogP contribution >= 0.6 is 0 Å². The molecule has 0 spiro atoms. The lowest BCUT2D eigenvalue weighted by molar-refractivity contribution is -0.128. The lowest BCUT2D eigenvalue weighted by Gasteiger charge is -2.15. The summed E-state index contributed by atoms with van der Waals surface area (Å²) in [5, 5.41) is 0. The molecule has 1 saturated heterocycles. The first kappa shape index (κ1) is 17.5. The third-order valence-corrected chi connectivity index (χ3v) is 1.90. The highest BCUT2D eigenvalue weighted by atomic mass is 16.1. The number of ketones is 1. The molecule has 1 atom stereocenters. The van der Waals surface area contributed by atoms with Crippen LogP contribution in [-0.4, -0.2) is 29.7 Å². The molecule has 1 fully saturated rings. The maximum absolute atomic E-state index is 10.8. The Labute approximate surface area is 100 Å². The summed E-state index contributed by atoms with van der Waals surface area (Å²) in [4.78, 5) is 22.7. The first-order chi connectivity index (χ1) is 7.49. The fourth-order valence-corrected chi connectivity index (χ4v) is 1.35. The van der Waals surface area contributed by atoms with Crippen LogP contribution in [0.3, 0.4) is 0 Å². The van der Waals surface area contributed by atoms with Crippen LogP contribution in [0.5, 0.6) is 0 Å². The molecule has 1 unspecified atom stereocenters. The molecule has 0 radical (unpaired) electrons. The maximum atomic E-state index is 10.8. The first-order valence-corrected chi connectivity index (χ1v) is 6.20. The van der Waals surface area contributed by atoms with E-state index in [0.717, 1.165) is 31.7 Å². The van der Waals surface area contributed by atoms with Gasteiger partial charge in [0.25, 0.3) is 0 Å². The van der Waals surface area contributed by atoms with Crippen LogP contribution < -0.4 is 0 Å². The first-order valence-electron chi connectivity index (χ1n) is 6.20. The van der Waals surface area contributed by atoms with Gasteiger partial charge in [-0.15, -0.1) is 0 Å². The lowest BCUT2D eigenvalue weighted by atomic mass is 10.1. The van der Waals surface area contributed by atoms with Gasteiger partial charge in [-0.05, 0) is 25.7 Å². The number of hydrogen-bond donors (Lipinski definition) is 0. The molecule has 0 saturated carbocycles. The van der Waals surface area contributed by atoms with Gasteiger partial charge in [0.1, 0.15) is 0 Å². The standard InChI is InChI=1S/C7H11NO2.C4H10.C2H6/c1-6(10)7-3-2-4-8(7)5-9;1-4(2)3;1-2/h5,7H,2-4H2,1H3;4H,1-3H3;1-2H3. The minimum Gasteiger partial charge on any atom is -0.335 e. The van der Waals surface area contributed by atoms with E-state index in [2.05, 4.69) is 20.8 Å². The summed E-state index contributed by atoms with van der Waals surface area (Å²) in [6.45, 7) is 12.8. The van der Waals surface area contributed by atoms with Crippen molar-refractivity contribution < 1.29 is 9.59 Å². The SMILES string of the molecule is CC.CC(=O)C1CCCN1C=O.CC(C)C. The van der Waals surface area contributed by atoms with E-state index in [1.165, 1.54) is 6.92 Å². The normalized spacial score (nSPS) is 18.2. The second-order valence-corrected chi connectivity index (χ2v) is 4.34. The van der Waals surface area contributed by atoms with Crippen molar-refractivity contribution in [2.45, 2.75) is 60.4 Å². The number of likely N-dealkylation sites (tertiary alicyclic amines) is 1. The number of rotatable bonds is 2. The second kappa shape index (κ2) is 10.7. The predicted octanol–water partition coefficient (Wildman–Crippen LogP) is 2.88. The quantitative estimate of drug-likeness (QED) is 0.683. The molecule has 16 heavy (non-hydrogen) atoms. The van der Waals surface area contributed by atoms with Gasteiger partial charge in [-0.1, -0.05) is 34.6 Å². The van der Waals surface area contributed by atoms with Gasteiger partial charge in [0, 0.05) is 6.54 Å². The van der Waals surface area contributed by atoms with E-state index in [1.54, 1.807) is 4.90 Å². The summed E-state index contributed by atoms with van der Waals surface area (Å²) in [5.41, 5.74) is 0. The minimum absolute atomic E-state index is 0.101. The molecule has 0 aliphatic carbocycles. The molecular formula is C13H27NO2. The molecule has 0 aromatic carbocycles. The fourth-order valence-electron chi connectivity index (χ4n) is 1.35. The summed E-state index contributed by atoms with van der Waals surface area (Å²) in [5.74, 6) is 0.935. The van der Waals surface area contributed by atoms with Gasteiger partial charge < -0.3 is 4.90 Å². The topological polar surface area (TPSA) is 37.4 Å². The number of carbonyl (C=O) groups is 2. The van der Waals surface area contributed by atoms with Crippen LogP contribution in [0.25, 0.3) is 0 Å². The second-order valence-electron chi connectivity index (χ2n) is 4.34. The van der Waals surface area contributed by atoms with Crippen LogP contribution in [-0.2, 0) is 9.59 Å². The van der Waals surface area contributed by atoms with Crippen molar-refractivity contribution in [2.75, 3.05) is 6.54 Å². The van der Waals surface area contributed by atoms with Crippen LogP contribution in [0.1, 0.15) is 54.4 Å². The average Bonchev–Trinajstić information content (AvgIpc) is 2.67. The number of carbonyl (C=O) groups excluding carboxylic acids is 2. The van der Waals surface area contributed by atoms with Gasteiger partial charge >= 0.3 is 0 Å². The van der Waals surface area contributed by atoms with Gasteiger partial charge in [0.05, 0.1) is 6.04 Å². The Morgan fingerprint density at radius 1 is 1.31 bits per heavy atom. The monoisotopic (exact) mass is 229 g/mol. The largest absolute Gasteiger partial charge is 0.335 e. The van der Waals surface area contributed by atoms with E-state index in [4.69, 9.17) is 0 Å². The smallest absolute Gasteiger partial charge is 0.210 e. The van der Waals surface area contributed by atoms with E-state index < -0.39 is 0 Å². The summed E-state index contributed by atoms with van der Waals surface area (Å²) in [7, 11) is 0. The van der Waals surface area contributed by atoms with Gasteiger partial charge in [0.15, 0.2) is 5.78 Å². The molecular weight excluding hydrogens is 202 g/mol. The Morgan fingerprint density at radius 3 is 2.00 bits per heavy atom. The summed E-state index contributed by atoms with van der Waals surface area (Å²) >= 11 is 0. The number of hydrogen-bond acceptors (Lipinski definition) is 2. The highest BCUT2D eigenvalue weighted by Gasteiger charge is 2.26. The number of amides is 1. The van der Waals surface area contributed by atoms with Crippen LogP contribution in [0.4, 0.5) is 0 Å². The zero-order valence-electron chi connectivity index (χ0n) is 11.6. The molecule has 1 rings (SSSR count). The Kier molecular flexibility index (Phi) is 11.7. The van der Waals surface area contributed by atoms with Crippen molar-refractivity contribution in [2.24, 2.45) is 5.92 Å². The Morgan fingerprint density at radius 2 is 1.75 bits per heavy atom. The molecule has 1 amide bonds. The average molecular weight is 229 g/mol. The van der Waals surface area contributed by atoms with Crippen molar-refractivity contribution in [1.29, 1.82) is 0 Å². The molecule has 0 aromatic rings. The van der Waals surface area contributed by atoms with Crippen LogP contribution in [0.2, 0.25) is 0 Å². The van der Waals surface area contributed by atoms with E-state index in [-0.39, 0.29) is 11.8 Å². The van der Waals surface area contributed by atoms with Crippen LogP contribution in [0, 0.1) is 5.92 Å². The van der Waals surface area contributed by atoms with E-state index in [0.29, 0.717) is 0 Å². The summed E-state index contributed by atoms with van der Waals surface area (Å²) in [6.07, 6.45) is 2.57. The lowest BCUT2D eigenvalue weighted by Crippen LogP contribution is -2.33. The third kappa shape index (κ3) is 8.45. The van der Waals surface area contributed by atoms with E-state index in [1.807, 2.05) is 13.8 Å².